The van der Waals surface area contributed by atoms with Crippen LogP contribution in [0.4, 0.5) is 0 Å². The van der Waals surface area contributed by atoms with Gasteiger partial charge in [-0.1, -0.05) is 35.9 Å². The molecule has 3 aliphatic rings. The first-order valence-electron chi connectivity index (χ1n) is 8.49. The van der Waals surface area contributed by atoms with Crippen LogP contribution in [0.15, 0.2) is 29.8 Å². The van der Waals surface area contributed by atoms with Gasteiger partial charge >= 0.3 is 0 Å². The van der Waals surface area contributed by atoms with Crippen LogP contribution in [0.3, 0.4) is 0 Å². The lowest BCUT2D eigenvalue weighted by Crippen LogP contribution is -2.35. The zero-order chi connectivity index (χ0) is 14.1. The molecule has 0 amide bonds. The summed E-state index contributed by atoms with van der Waals surface area (Å²) in [6.45, 7) is 4.96. The minimum absolute atomic E-state index is 0.882. The number of nitrogens with zero attached hydrogens (tertiary/aromatic N) is 1. The van der Waals surface area contributed by atoms with Gasteiger partial charge in [-0.25, -0.2) is 0 Å². The van der Waals surface area contributed by atoms with Crippen molar-refractivity contribution in [1.29, 1.82) is 0 Å². The van der Waals surface area contributed by atoms with Crippen LogP contribution in [0.1, 0.15) is 36.8 Å². The highest BCUT2D eigenvalue weighted by Gasteiger charge is 2.36. The van der Waals surface area contributed by atoms with Gasteiger partial charge in [0.05, 0.1) is 13.2 Å². The molecule has 0 unspecified atom stereocenters. The summed E-state index contributed by atoms with van der Waals surface area (Å²) in [5.74, 6) is 1.80. The lowest BCUT2D eigenvalue weighted by atomic mass is 10.0. The molecule has 0 spiro atoms. The molecule has 3 fully saturated rings. The van der Waals surface area contributed by atoms with E-state index in [-0.39, 0.29) is 0 Å². The molecule has 2 bridgehead atoms. The van der Waals surface area contributed by atoms with Gasteiger partial charge in [0.25, 0.3) is 0 Å². The molecule has 2 aliphatic carbocycles. The summed E-state index contributed by atoms with van der Waals surface area (Å²) in [5.41, 5.74) is 4.60. The molecule has 0 aromatic heterocycles. The molecule has 4 rings (SSSR count). The van der Waals surface area contributed by atoms with Gasteiger partial charge in [0.2, 0.25) is 0 Å². The summed E-state index contributed by atoms with van der Waals surface area (Å²) < 4.78 is 5.43. The van der Waals surface area contributed by atoms with Crippen LogP contribution in [0.5, 0.6) is 0 Å². The summed E-state index contributed by atoms with van der Waals surface area (Å²) in [5, 5.41) is 0. The van der Waals surface area contributed by atoms with E-state index in [9.17, 15) is 0 Å². The summed E-state index contributed by atoms with van der Waals surface area (Å²) in [4.78, 5) is 2.50. The van der Waals surface area contributed by atoms with Gasteiger partial charge in [-0.3, -0.25) is 4.90 Å². The first-order chi connectivity index (χ1) is 10.4. The topological polar surface area (TPSA) is 12.5 Å². The Bertz CT molecular complexity index is 508. The molecule has 2 saturated carbocycles. The molecule has 1 saturated heterocycles. The van der Waals surface area contributed by atoms with E-state index in [2.05, 4.69) is 35.2 Å². The van der Waals surface area contributed by atoms with Gasteiger partial charge in [-0.2, -0.15) is 0 Å². The fourth-order valence-corrected chi connectivity index (χ4v) is 4.32. The zero-order valence-corrected chi connectivity index (χ0v) is 12.8. The number of hydrogen-bond donors (Lipinski definition) is 0. The van der Waals surface area contributed by atoms with Crippen molar-refractivity contribution in [2.45, 2.75) is 32.2 Å². The van der Waals surface area contributed by atoms with E-state index >= 15 is 0 Å². The van der Waals surface area contributed by atoms with Crippen LogP contribution in [-0.2, 0) is 11.3 Å². The predicted molar refractivity (Wildman–Crippen MR) is 86.0 cm³/mol. The molecule has 0 atom stereocenters. The second-order valence-electron chi connectivity index (χ2n) is 6.83. The van der Waals surface area contributed by atoms with Crippen LogP contribution >= 0.6 is 0 Å². The van der Waals surface area contributed by atoms with Crippen LogP contribution < -0.4 is 0 Å². The Morgan fingerprint density at radius 3 is 2.48 bits per heavy atom. The monoisotopic (exact) mass is 283 g/mol. The van der Waals surface area contributed by atoms with Gasteiger partial charge in [0.15, 0.2) is 0 Å². The third-order valence-corrected chi connectivity index (χ3v) is 5.46. The number of hydrogen-bond acceptors (Lipinski definition) is 2. The lowest BCUT2D eigenvalue weighted by Gasteiger charge is -2.26. The summed E-state index contributed by atoms with van der Waals surface area (Å²) in [6.07, 6.45) is 8.24. The summed E-state index contributed by atoms with van der Waals surface area (Å²) in [6, 6.07) is 9.15. The Kier molecular flexibility index (Phi) is 3.83. The highest BCUT2D eigenvalue weighted by atomic mass is 16.5. The number of ether oxygens (including phenoxy) is 1. The molecule has 2 nitrogen and oxygen atoms in total. The van der Waals surface area contributed by atoms with Crippen molar-refractivity contribution in [2.24, 2.45) is 11.8 Å². The van der Waals surface area contributed by atoms with Crippen LogP contribution in [0, 0.1) is 11.8 Å². The Morgan fingerprint density at radius 2 is 1.76 bits per heavy atom. The van der Waals surface area contributed by atoms with E-state index in [0.717, 1.165) is 44.7 Å². The molecule has 0 N–H and O–H groups in total. The molecular weight excluding hydrogens is 258 g/mol. The lowest BCUT2D eigenvalue weighted by molar-refractivity contribution is 0.0342. The maximum absolute atomic E-state index is 5.43. The Hall–Kier alpha value is -1.12. The average molecular weight is 283 g/mol. The van der Waals surface area contributed by atoms with Crippen LogP contribution in [0.2, 0.25) is 0 Å². The second-order valence-corrected chi connectivity index (χ2v) is 6.83. The van der Waals surface area contributed by atoms with E-state index in [1.54, 1.807) is 5.57 Å². The van der Waals surface area contributed by atoms with E-state index in [1.807, 2.05) is 0 Å². The van der Waals surface area contributed by atoms with Crippen LogP contribution in [0.25, 0.3) is 6.08 Å². The van der Waals surface area contributed by atoms with Gasteiger partial charge in [0, 0.05) is 19.6 Å². The Labute approximate surface area is 127 Å². The number of rotatable bonds is 3. The van der Waals surface area contributed by atoms with Gasteiger partial charge in [-0.05, 0) is 48.6 Å². The molecule has 0 radical (unpaired) electrons. The number of benzene rings is 1. The quantitative estimate of drug-likeness (QED) is 0.838. The fraction of sp³-hybridized carbons (Fsp3) is 0.579. The number of fused-ring (bicyclic) bond motifs is 2. The molecule has 1 aromatic carbocycles. The predicted octanol–water partition coefficient (Wildman–Crippen LogP) is 3.72. The van der Waals surface area contributed by atoms with Gasteiger partial charge in [0.1, 0.15) is 0 Å². The van der Waals surface area contributed by atoms with Crippen molar-refractivity contribution >= 4 is 6.08 Å². The number of allylic oxidation sites excluding steroid dienone is 1. The first kappa shape index (κ1) is 13.5. The normalized spacial score (nSPS) is 29.0. The third-order valence-electron chi connectivity index (χ3n) is 5.46. The maximum Gasteiger partial charge on any atom is 0.0594 e. The first-order valence-corrected chi connectivity index (χ1v) is 8.49. The van der Waals surface area contributed by atoms with Crippen LogP contribution in [-0.4, -0.2) is 31.2 Å². The molecular formula is C19H25NO. The average Bonchev–Trinajstić information content (AvgIpc) is 3.08. The molecule has 1 aromatic rings. The Balaban J connectivity index is 1.49. The van der Waals surface area contributed by atoms with Crippen molar-refractivity contribution in [3.63, 3.8) is 0 Å². The third kappa shape index (κ3) is 2.93. The van der Waals surface area contributed by atoms with Crippen molar-refractivity contribution in [1.82, 2.24) is 4.90 Å². The Morgan fingerprint density at radius 1 is 1.05 bits per heavy atom. The fourth-order valence-electron chi connectivity index (χ4n) is 4.32. The van der Waals surface area contributed by atoms with Gasteiger partial charge in [-0.15, -0.1) is 0 Å². The summed E-state index contributed by atoms with van der Waals surface area (Å²) in [7, 11) is 0. The van der Waals surface area contributed by atoms with E-state index in [0.29, 0.717) is 0 Å². The van der Waals surface area contributed by atoms with Crippen molar-refractivity contribution in [3.8, 4) is 0 Å². The SMILES string of the molecule is C(=C1C2CCC1CC2)c1cccc(CN2CCOCC2)c1. The minimum Gasteiger partial charge on any atom is -0.379 e. The van der Waals surface area contributed by atoms with E-state index in [4.69, 9.17) is 4.74 Å². The van der Waals surface area contributed by atoms with E-state index in [1.165, 1.54) is 36.8 Å². The molecule has 1 aliphatic heterocycles. The summed E-state index contributed by atoms with van der Waals surface area (Å²) >= 11 is 0. The molecule has 112 valence electrons. The van der Waals surface area contributed by atoms with E-state index < -0.39 is 0 Å². The number of morpholine rings is 1. The smallest absolute Gasteiger partial charge is 0.0594 e. The second kappa shape index (κ2) is 5.94. The minimum atomic E-state index is 0.882. The highest BCUT2D eigenvalue weighted by molar-refractivity contribution is 5.56. The molecule has 2 heteroatoms. The zero-order valence-electron chi connectivity index (χ0n) is 12.8. The molecule has 21 heavy (non-hydrogen) atoms. The largest absolute Gasteiger partial charge is 0.379 e. The van der Waals surface area contributed by atoms with Crippen molar-refractivity contribution in [2.75, 3.05) is 26.3 Å². The molecule has 1 heterocycles. The van der Waals surface area contributed by atoms with Gasteiger partial charge < -0.3 is 4.74 Å². The van der Waals surface area contributed by atoms with Crippen molar-refractivity contribution < 1.29 is 4.74 Å². The maximum atomic E-state index is 5.43. The standard InChI is InChI=1S/C19H25NO/c1-2-15(13-19-17-4-5-18(19)7-6-17)12-16(3-1)14-20-8-10-21-11-9-20/h1-3,12-13,17-18H,4-11,14H2. The van der Waals surface area contributed by atoms with Crippen molar-refractivity contribution in [3.05, 3.63) is 41.0 Å². The highest BCUT2D eigenvalue weighted by Crippen LogP contribution is 2.49.